The maximum absolute atomic E-state index is 4.43. The van der Waals surface area contributed by atoms with Crippen LogP contribution in [0.25, 0.3) is 0 Å². The maximum atomic E-state index is 4.43. The average Bonchev–Trinajstić information content (AvgIpc) is 2.47. The number of aryl methyl sites for hydroxylation is 1. The van der Waals surface area contributed by atoms with Crippen LogP contribution in [0.2, 0.25) is 0 Å². The Morgan fingerprint density at radius 1 is 1.15 bits per heavy atom. The molecule has 0 unspecified atom stereocenters. The van der Waals surface area contributed by atoms with Crippen LogP contribution in [0.1, 0.15) is 25.0 Å². The lowest BCUT2D eigenvalue weighted by Gasteiger charge is -2.23. The molecule has 0 aliphatic heterocycles. The number of hydrogen-bond donors (Lipinski definition) is 1. The van der Waals surface area contributed by atoms with E-state index in [9.17, 15) is 0 Å². The Bertz CT molecular complexity index is 534. The van der Waals surface area contributed by atoms with Crippen molar-refractivity contribution in [3.63, 3.8) is 0 Å². The molecule has 2 rings (SSSR count). The number of hydrogen-bond acceptors (Lipinski definition) is 3. The molecule has 2 aromatic rings. The lowest BCUT2D eigenvalue weighted by atomic mass is 10.2. The van der Waals surface area contributed by atoms with Crippen molar-refractivity contribution in [2.75, 3.05) is 23.3 Å². The molecule has 106 valence electrons. The molecule has 0 bridgehead atoms. The standard InChI is InChI=1S/C17H23N3/c1-4-18-17-10-9-15(12-19-17)13-20(5-2)16-8-6-7-14(3)11-16/h6-12H,4-5,13H2,1-3H3,(H,18,19). The number of anilines is 2. The lowest BCUT2D eigenvalue weighted by Crippen LogP contribution is -2.22. The smallest absolute Gasteiger partial charge is 0.125 e. The maximum Gasteiger partial charge on any atom is 0.125 e. The van der Waals surface area contributed by atoms with Gasteiger partial charge in [-0.1, -0.05) is 18.2 Å². The van der Waals surface area contributed by atoms with Crippen LogP contribution >= 0.6 is 0 Å². The molecule has 1 aromatic carbocycles. The van der Waals surface area contributed by atoms with Crippen LogP contribution in [0, 0.1) is 6.92 Å². The third-order valence-corrected chi connectivity index (χ3v) is 3.30. The minimum atomic E-state index is 0.888. The summed E-state index contributed by atoms with van der Waals surface area (Å²) >= 11 is 0. The van der Waals surface area contributed by atoms with Crippen LogP contribution in [-0.4, -0.2) is 18.1 Å². The minimum Gasteiger partial charge on any atom is -0.370 e. The Labute approximate surface area is 121 Å². The molecule has 3 nitrogen and oxygen atoms in total. The molecule has 0 spiro atoms. The van der Waals surface area contributed by atoms with Crippen molar-refractivity contribution in [2.45, 2.75) is 27.3 Å². The van der Waals surface area contributed by atoms with Crippen LogP contribution in [0.3, 0.4) is 0 Å². The van der Waals surface area contributed by atoms with Gasteiger partial charge in [0.25, 0.3) is 0 Å². The second-order valence-corrected chi connectivity index (χ2v) is 4.94. The zero-order valence-corrected chi connectivity index (χ0v) is 12.6. The number of aromatic nitrogens is 1. The first-order chi connectivity index (χ1) is 9.72. The molecule has 1 aromatic heterocycles. The molecule has 0 fully saturated rings. The summed E-state index contributed by atoms with van der Waals surface area (Å²) in [5.74, 6) is 0.940. The van der Waals surface area contributed by atoms with Gasteiger partial charge in [0.1, 0.15) is 5.82 Å². The summed E-state index contributed by atoms with van der Waals surface area (Å²) in [5, 5.41) is 3.22. The molecule has 0 saturated heterocycles. The van der Waals surface area contributed by atoms with Gasteiger partial charge in [0, 0.05) is 31.5 Å². The van der Waals surface area contributed by atoms with E-state index < -0.39 is 0 Å². The number of nitrogens with zero attached hydrogens (tertiary/aromatic N) is 2. The monoisotopic (exact) mass is 269 g/mol. The molecular formula is C17H23N3. The number of nitrogens with one attached hydrogen (secondary N) is 1. The van der Waals surface area contributed by atoms with Gasteiger partial charge in [-0.3, -0.25) is 0 Å². The van der Waals surface area contributed by atoms with Crippen molar-refractivity contribution < 1.29 is 0 Å². The molecule has 0 radical (unpaired) electrons. The quantitative estimate of drug-likeness (QED) is 0.863. The van der Waals surface area contributed by atoms with Gasteiger partial charge in [-0.15, -0.1) is 0 Å². The molecule has 20 heavy (non-hydrogen) atoms. The normalized spacial score (nSPS) is 10.3. The molecule has 0 saturated carbocycles. The number of pyridine rings is 1. The van der Waals surface area contributed by atoms with Crippen LogP contribution in [-0.2, 0) is 6.54 Å². The average molecular weight is 269 g/mol. The molecule has 1 N–H and O–H groups in total. The lowest BCUT2D eigenvalue weighted by molar-refractivity contribution is 0.827. The summed E-state index contributed by atoms with van der Waals surface area (Å²) in [6.07, 6.45) is 1.95. The highest BCUT2D eigenvalue weighted by molar-refractivity contribution is 5.49. The topological polar surface area (TPSA) is 28.2 Å². The molecular weight excluding hydrogens is 246 g/mol. The highest BCUT2D eigenvalue weighted by atomic mass is 15.1. The minimum absolute atomic E-state index is 0.888. The SMILES string of the molecule is CCNc1ccc(CN(CC)c2cccc(C)c2)cn1. The van der Waals surface area contributed by atoms with Gasteiger partial charge in [-0.2, -0.15) is 0 Å². The van der Waals surface area contributed by atoms with Gasteiger partial charge < -0.3 is 10.2 Å². The second-order valence-electron chi connectivity index (χ2n) is 4.94. The first-order valence-corrected chi connectivity index (χ1v) is 7.23. The molecule has 3 heteroatoms. The largest absolute Gasteiger partial charge is 0.370 e. The zero-order chi connectivity index (χ0) is 14.4. The van der Waals surface area contributed by atoms with E-state index in [-0.39, 0.29) is 0 Å². The van der Waals surface area contributed by atoms with Crippen molar-refractivity contribution >= 4 is 11.5 Å². The van der Waals surface area contributed by atoms with E-state index in [1.165, 1.54) is 16.8 Å². The predicted molar refractivity (Wildman–Crippen MR) is 86.3 cm³/mol. The molecule has 0 aliphatic rings. The Hall–Kier alpha value is -2.03. The van der Waals surface area contributed by atoms with E-state index in [1.807, 2.05) is 12.3 Å². The van der Waals surface area contributed by atoms with Gasteiger partial charge in [0.05, 0.1) is 0 Å². The fourth-order valence-electron chi connectivity index (χ4n) is 2.23. The highest BCUT2D eigenvalue weighted by Crippen LogP contribution is 2.18. The third kappa shape index (κ3) is 3.73. The first kappa shape index (κ1) is 14.4. The summed E-state index contributed by atoms with van der Waals surface area (Å²) in [6.45, 7) is 9.16. The van der Waals surface area contributed by atoms with Gasteiger partial charge in [0.2, 0.25) is 0 Å². The first-order valence-electron chi connectivity index (χ1n) is 7.23. The Morgan fingerprint density at radius 3 is 2.60 bits per heavy atom. The van der Waals surface area contributed by atoms with E-state index in [1.54, 1.807) is 0 Å². The Morgan fingerprint density at radius 2 is 2.00 bits per heavy atom. The highest BCUT2D eigenvalue weighted by Gasteiger charge is 2.06. The van der Waals surface area contributed by atoms with Crippen LogP contribution < -0.4 is 10.2 Å². The second kappa shape index (κ2) is 6.94. The van der Waals surface area contributed by atoms with Gasteiger partial charge in [-0.05, 0) is 50.1 Å². The van der Waals surface area contributed by atoms with Crippen LogP contribution in [0.4, 0.5) is 11.5 Å². The van der Waals surface area contributed by atoms with E-state index >= 15 is 0 Å². The fourth-order valence-corrected chi connectivity index (χ4v) is 2.23. The van der Waals surface area contributed by atoms with Crippen molar-refractivity contribution in [1.82, 2.24) is 4.98 Å². The van der Waals surface area contributed by atoms with Crippen molar-refractivity contribution in [1.29, 1.82) is 0 Å². The molecule has 0 amide bonds. The van der Waals surface area contributed by atoms with Crippen molar-refractivity contribution in [2.24, 2.45) is 0 Å². The summed E-state index contributed by atoms with van der Waals surface area (Å²) in [6, 6.07) is 12.8. The van der Waals surface area contributed by atoms with E-state index in [4.69, 9.17) is 0 Å². The fraction of sp³-hybridized carbons (Fsp3) is 0.353. The van der Waals surface area contributed by atoms with Crippen molar-refractivity contribution in [3.8, 4) is 0 Å². The molecule has 0 atom stereocenters. The summed E-state index contributed by atoms with van der Waals surface area (Å²) < 4.78 is 0. The molecule has 1 heterocycles. The number of benzene rings is 1. The summed E-state index contributed by atoms with van der Waals surface area (Å²) in [7, 11) is 0. The van der Waals surface area contributed by atoms with Gasteiger partial charge >= 0.3 is 0 Å². The van der Waals surface area contributed by atoms with Crippen molar-refractivity contribution in [3.05, 3.63) is 53.7 Å². The number of rotatable bonds is 6. The van der Waals surface area contributed by atoms with Crippen LogP contribution in [0.5, 0.6) is 0 Å². The third-order valence-electron chi connectivity index (χ3n) is 3.30. The van der Waals surface area contributed by atoms with Gasteiger partial charge in [0.15, 0.2) is 0 Å². The van der Waals surface area contributed by atoms with E-state index in [0.29, 0.717) is 0 Å². The zero-order valence-electron chi connectivity index (χ0n) is 12.6. The Kier molecular flexibility index (Phi) is 4.99. The molecule has 0 aliphatic carbocycles. The van der Waals surface area contributed by atoms with E-state index in [0.717, 1.165) is 25.5 Å². The van der Waals surface area contributed by atoms with Crippen LogP contribution in [0.15, 0.2) is 42.6 Å². The summed E-state index contributed by atoms with van der Waals surface area (Å²) in [5.41, 5.74) is 3.79. The van der Waals surface area contributed by atoms with E-state index in [2.05, 4.69) is 66.3 Å². The predicted octanol–water partition coefficient (Wildman–Crippen LogP) is 3.85. The van der Waals surface area contributed by atoms with Gasteiger partial charge in [-0.25, -0.2) is 4.98 Å². The Balaban J connectivity index is 2.09. The summed E-state index contributed by atoms with van der Waals surface area (Å²) in [4.78, 5) is 6.79.